The van der Waals surface area contributed by atoms with Gasteiger partial charge in [0, 0.05) is 13.5 Å². The molecule has 1 amide bonds. The van der Waals surface area contributed by atoms with Gasteiger partial charge in [0.05, 0.1) is 12.2 Å². The molecule has 0 unspecified atom stereocenters. The summed E-state index contributed by atoms with van der Waals surface area (Å²) in [4.78, 5) is 17.0. The van der Waals surface area contributed by atoms with Crippen LogP contribution in [-0.4, -0.2) is 46.5 Å². The number of carbonyl (C=O) groups is 1. The second-order valence-electron chi connectivity index (χ2n) is 13.3. The molecule has 1 aromatic heterocycles. The Kier molecular flexibility index (Phi) is 7.51. The minimum Gasteiger partial charge on any atom is -0.393 e. The maximum Gasteiger partial charge on any atom is 0.267 e. The van der Waals surface area contributed by atoms with E-state index < -0.39 is 10.0 Å². The number of nitrogens with two attached hydrogens (primary N) is 1. The fourth-order valence-corrected chi connectivity index (χ4v) is 11.0. The van der Waals surface area contributed by atoms with Crippen LogP contribution in [-0.2, 0) is 21.9 Å². The Morgan fingerprint density at radius 3 is 2.53 bits per heavy atom. The first-order valence-corrected chi connectivity index (χ1v) is 16.6. The fraction of sp³-hybridized carbons (Fsp3) is 0.889. The summed E-state index contributed by atoms with van der Waals surface area (Å²) in [5.74, 6) is 2.35. The summed E-state index contributed by atoms with van der Waals surface area (Å²) < 4.78 is 24.1. The number of carbonyl (C=O) groups excluding carboxylic acids is 1. The molecular weight excluding hydrogens is 524 g/mol. The number of aryl methyl sites for hydroxylation is 1. The smallest absolute Gasteiger partial charge is 0.267 e. The van der Waals surface area contributed by atoms with Crippen LogP contribution in [0.2, 0.25) is 0 Å². The molecule has 214 valence electrons. The molecule has 10 atom stereocenters. The molecule has 1 aromatic rings. The van der Waals surface area contributed by atoms with Crippen molar-refractivity contribution in [2.24, 2.45) is 63.5 Å². The fourth-order valence-electron chi connectivity index (χ4n) is 9.43. The lowest BCUT2D eigenvalue weighted by Crippen LogP contribution is -2.58. The number of amides is 1. The van der Waals surface area contributed by atoms with E-state index in [0.29, 0.717) is 41.9 Å². The van der Waals surface area contributed by atoms with Crippen LogP contribution < -0.4 is 9.94 Å². The number of nitrogens with zero attached hydrogens (tertiary/aromatic N) is 3. The van der Waals surface area contributed by atoms with Crippen LogP contribution in [0.25, 0.3) is 0 Å². The van der Waals surface area contributed by atoms with Crippen LogP contribution >= 0.6 is 11.3 Å². The molecule has 4 saturated carbocycles. The van der Waals surface area contributed by atoms with Crippen molar-refractivity contribution in [2.45, 2.75) is 102 Å². The Hall–Kier alpha value is -1.14. The standard InChI is InChI=1S/C27H44N4O5S2/c1-15(5-8-22(34)29-24-31(4)30-25(37-24)38(28,35)36)18-6-7-19-23-20(10-12-27(18,19)3)26(2)11-9-17(32)13-16(26)14-21(23)33/h15-21,23,32-33H,5-14H2,1-4H3,(H2,28,35,36)/t15-,16+,17-,18-,19+,20+,21+,23+,26+,27-/m1/s1. The van der Waals surface area contributed by atoms with E-state index in [4.69, 9.17) is 5.14 Å². The van der Waals surface area contributed by atoms with Crippen LogP contribution in [0.1, 0.15) is 85.0 Å². The van der Waals surface area contributed by atoms with Gasteiger partial charge in [-0.1, -0.05) is 32.1 Å². The van der Waals surface area contributed by atoms with Gasteiger partial charge in [0.1, 0.15) is 0 Å². The van der Waals surface area contributed by atoms with E-state index in [1.807, 2.05) is 0 Å². The summed E-state index contributed by atoms with van der Waals surface area (Å²) in [6, 6.07) is 0. The van der Waals surface area contributed by atoms with Crippen molar-refractivity contribution in [1.29, 1.82) is 0 Å². The molecule has 4 aliphatic carbocycles. The topological polar surface area (TPSA) is 148 Å². The molecule has 4 N–H and O–H groups in total. The summed E-state index contributed by atoms with van der Waals surface area (Å²) in [6.07, 6.45) is 8.71. The van der Waals surface area contributed by atoms with Crippen LogP contribution in [0.4, 0.5) is 0 Å². The molecule has 0 aromatic carbocycles. The number of fused-ring (bicyclic) bond motifs is 5. The molecule has 11 heteroatoms. The summed E-state index contributed by atoms with van der Waals surface area (Å²) in [6.45, 7) is 7.13. The number of rotatable bonds is 5. The third-order valence-corrected chi connectivity index (χ3v) is 13.7. The van der Waals surface area contributed by atoms with Crippen molar-refractivity contribution >= 4 is 27.3 Å². The van der Waals surface area contributed by atoms with E-state index in [2.05, 4.69) is 30.9 Å². The zero-order chi connectivity index (χ0) is 27.6. The lowest BCUT2D eigenvalue weighted by Gasteiger charge is -2.62. The van der Waals surface area contributed by atoms with E-state index in [1.54, 1.807) is 7.05 Å². The Morgan fingerprint density at radius 2 is 1.84 bits per heavy atom. The summed E-state index contributed by atoms with van der Waals surface area (Å²) in [7, 11) is -2.39. The lowest BCUT2D eigenvalue weighted by molar-refractivity contribution is -0.174. The molecule has 9 nitrogen and oxygen atoms in total. The van der Waals surface area contributed by atoms with Gasteiger partial charge in [-0.25, -0.2) is 18.2 Å². The molecule has 38 heavy (non-hydrogen) atoms. The zero-order valence-corrected chi connectivity index (χ0v) is 24.7. The van der Waals surface area contributed by atoms with E-state index in [0.717, 1.165) is 69.1 Å². The van der Waals surface area contributed by atoms with E-state index in [1.165, 1.54) is 4.68 Å². The summed E-state index contributed by atoms with van der Waals surface area (Å²) in [5.41, 5.74) is 0.381. The largest absolute Gasteiger partial charge is 0.393 e. The second kappa shape index (κ2) is 10.0. The highest BCUT2D eigenvalue weighted by molar-refractivity contribution is 7.91. The number of sulfonamides is 1. The number of primary sulfonamides is 1. The SMILES string of the molecule is C[C@H](CCC(=O)N=c1sc(S(N)(=O)=O)nn1C)[C@H]1CC[C@H]2[C@@H]3[C@@H](O)C[C@@H]4C[C@H](O)CC[C@]4(C)[C@H]3CC[C@]12C. The van der Waals surface area contributed by atoms with Gasteiger partial charge in [-0.2, -0.15) is 4.99 Å². The lowest BCUT2D eigenvalue weighted by atomic mass is 9.43. The number of hydrogen-bond donors (Lipinski definition) is 3. The van der Waals surface area contributed by atoms with Gasteiger partial charge in [-0.15, -0.1) is 5.10 Å². The van der Waals surface area contributed by atoms with Gasteiger partial charge in [0.2, 0.25) is 15.0 Å². The molecule has 0 bridgehead atoms. The molecule has 0 aliphatic heterocycles. The van der Waals surface area contributed by atoms with Gasteiger partial charge < -0.3 is 10.2 Å². The molecule has 0 spiro atoms. The predicted molar refractivity (Wildman–Crippen MR) is 144 cm³/mol. The Balaban J connectivity index is 1.27. The summed E-state index contributed by atoms with van der Waals surface area (Å²) >= 11 is 0.801. The average molecular weight is 569 g/mol. The van der Waals surface area contributed by atoms with Gasteiger partial charge in [-0.05, 0) is 104 Å². The summed E-state index contributed by atoms with van der Waals surface area (Å²) in [5, 5.41) is 30.8. The highest BCUT2D eigenvalue weighted by atomic mass is 32.2. The maximum atomic E-state index is 12.7. The van der Waals surface area contributed by atoms with Crippen LogP contribution in [0.15, 0.2) is 9.33 Å². The molecule has 1 heterocycles. The highest BCUT2D eigenvalue weighted by Gasteiger charge is 2.62. The van der Waals surface area contributed by atoms with E-state index >= 15 is 0 Å². The second-order valence-corrected chi connectivity index (χ2v) is 16.0. The van der Waals surface area contributed by atoms with Gasteiger partial charge in [0.15, 0.2) is 0 Å². The first kappa shape index (κ1) is 28.4. The monoisotopic (exact) mass is 568 g/mol. The van der Waals surface area contributed by atoms with Crippen LogP contribution in [0.3, 0.4) is 0 Å². The van der Waals surface area contributed by atoms with Gasteiger partial charge in [-0.3, -0.25) is 4.79 Å². The van der Waals surface area contributed by atoms with E-state index in [9.17, 15) is 23.4 Å². The van der Waals surface area contributed by atoms with Crippen molar-refractivity contribution in [1.82, 2.24) is 9.78 Å². The van der Waals surface area contributed by atoms with Crippen molar-refractivity contribution in [3.05, 3.63) is 4.80 Å². The number of aliphatic hydroxyl groups is 2. The molecular formula is C27H44N4O5S2. The van der Waals surface area contributed by atoms with Crippen molar-refractivity contribution < 1.29 is 23.4 Å². The van der Waals surface area contributed by atoms with Crippen LogP contribution in [0.5, 0.6) is 0 Å². The predicted octanol–water partition coefficient (Wildman–Crippen LogP) is 2.96. The highest BCUT2D eigenvalue weighted by Crippen LogP contribution is 2.68. The Morgan fingerprint density at radius 1 is 1.16 bits per heavy atom. The number of hydrogen-bond acceptors (Lipinski definition) is 7. The van der Waals surface area contributed by atoms with Crippen molar-refractivity contribution in [3.63, 3.8) is 0 Å². The average Bonchev–Trinajstić information content (AvgIpc) is 3.38. The quantitative estimate of drug-likeness (QED) is 0.497. The molecule has 5 rings (SSSR count). The van der Waals surface area contributed by atoms with Crippen LogP contribution in [0, 0.1) is 46.3 Å². The molecule has 4 aliphatic rings. The molecule has 0 saturated heterocycles. The van der Waals surface area contributed by atoms with Gasteiger partial charge in [0.25, 0.3) is 10.0 Å². The van der Waals surface area contributed by atoms with E-state index in [-0.39, 0.29) is 38.1 Å². The third kappa shape index (κ3) is 4.84. The minimum absolute atomic E-state index is 0.160. The molecule has 4 fully saturated rings. The third-order valence-electron chi connectivity index (χ3n) is 11.4. The Labute approximate surface area is 230 Å². The Bertz CT molecular complexity index is 1240. The number of aliphatic hydroxyl groups excluding tert-OH is 2. The first-order valence-electron chi connectivity index (χ1n) is 14.2. The van der Waals surface area contributed by atoms with Gasteiger partial charge >= 0.3 is 0 Å². The van der Waals surface area contributed by atoms with Crippen molar-refractivity contribution in [2.75, 3.05) is 0 Å². The zero-order valence-electron chi connectivity index (χ0n) is 23.0. The number of aromatic nitrogens is 2. The normalized spacial score (nSPS) is 42.3. The maximum absolute atomic E-state index is 12.7. The first-order chi connectivity index (χ1) is 17.7. The van der Waals surface area contributed by atoms with Crippen molar-refractivity contribution in [3.8, 4) is 0 Å². The molecule has 0 radical (unpaired) electrons. The minimum atomic E-state index is -3.93.